The van der Waals surface area contributed by atoms with E-state index in [-0.39, 0.29) is 11.8 Å². The maximum atomic E-state index is 12.9. The maximum absolute atomic E-state index is 12.9. The van der Waals surface area contributed by atoms with Gasteiger partial charge in [-0.25, -0.2) is 0 Å². The van der Waals surface area contributed by atoms with Crippen molar-refractivity contribution in [2.45, 2.75) is 33.6 Å². The van der Waals surface area contributed by atoms with Crippen LogP contribution in [0.25, 0.3) is 0 Å². The zero-order valence-electron chi connectivity index (χ0n) is 15.7. The zero-order valence-corrected chi connectivity index (χ0v) is 15.7. The molecule has 1 aromatic heterocycles. The summed E-state index contributed by atoms with van der Waals surface area (Å²) in [5.41, 5.74) is 1.67. The van der Waals surface area contributed by atoms with E-state index < -0.39 is 0 Å². The van der Waals surface area contributed by atoms with E-state index in [4.69, 9.17) is 0 Å². The first-order valence-corrected chi connectivity index (χ1v) is 9.19. The average Bonchev–Trinajstić information content (AvgIpc) is 2.69. The number of aromatic nitrogens is 1. The highest BCUT2D eigenvalue weighted by Crippen LogP contribution is 2.16. The summed E-state index contributed by atoms with van der Waals surface area (Å²) >= 11 is 0. The Morgan fingerprint density at radius 3 is 2.42 bits per heavy atom. The number of pyridine rings is 1. The van der Waals surface area contributed by atoms with Gasteiger partial charge in [-0.05, 0) is 43.2 Å². The number of anilines is 1. The van der Waals surface area contributed by atoms with Crippen LogP contribution >= 0.6 is 0 Å². The highest BCUT2D eigenvalue weighted by atomic mass is 16.2. The molecule has 0 saturated carbocycles. The number of hydrogen-bond donors (Lipinski definition) is 1. The highest BCUT2D eigenvalue weighted by Gasteiger charge is 2.18. The second kappa shape index (κ2) is 9.70. The molecule has 0 aliphatic rings. The molecule has 5 nitrogen and oxygen atoms in total. The number of amides is 2. The Morgan fingerprint density at radius 1 is 1.08 bits per heavy atom. The highest BCUT2D eigenvalue weighted by molar-refractivity contribution is 6.04. The number of rotatable bonds is 8. The fraction of sp³-hybridized carbons (Fsp3) is 0.381. The van der Waals surface area contributed by atoms with Crippen LogP contribution in [0.3, 0.4) is 0 Å². The van der Waals surface area contributed by atoms with Crippen molar-refractivity contribution in [1.29, 1.82) is 0 Å². The van der Waals surface area contributed by atoms with Gasteiger partial charge in [0, 0.05) is 36.7 Å². The van der Waals surface area contributed by atoms with Crippen LogP contribution in [-0.2, 0) is 0 Å². The molecule has 0 radical (unpaired) electrons. The number of nitrogens with zero attached hydrogens (tertiary/aromatic N) is 2. The molecule has 2 aromatic rings. The fourth-order valence-electron chi connectivity index (χ4n) is 2.83. The number of carbonyl (C=O) groups is 2. The molecule has 0 bridgehead atoms. The van der Waals surface area contributed by atoms with Gasteiger partial charge in [0.05, 0.1) is 5.56 Å². The summed E-state index contributed by atoms with van der Waals surface area (Å²) in [5, 5.41) is 2.82. The van der Waals surface area contributed by atoms with Gasteiger partial charge in [0.15, 0.2) is 0 Å². The molecule has 5 heteroatoms. The minimum absolute atomic E-state index is 0.00289. The van der Waals surface area contributed by atoms with E-state index in [1.165, 1.54) is 6.20 Å². The van der Waals surface area contributed by atoms with Crippen molar-refractivity contribution in [3.8, 4) is 0 Å². The van der Waals surface area contributed by atoms with E-state index in [1.54, 1.807) is 42.6 Å². The van der Waals surface area contributed by atoms with Gasteiger partial charge in [-0.1, -0.05) is 32.8 Å². The smallest absolute Gasteiger partial charge is 0.257 e. The predicted molar refractivity (Wildman–Crippen MR) is 104 cm³/mol. The number of carbonyl (C=O) groups excluding carboxylic acids is 2. The van der Waals surface area contributed by atoms with Gasteiger partial charge in [0.2, 0.25) is 0 Å². The van der Waals surface area contributed by atoms with Crippen molar-refractivity contribution >= 4 is 17.5 Å². The molecule has 0 aliphatic carbocycles. The van der Waals surface area contributed by atoms with Gasteiger partial charge in [-0.15, -0.1) is 0 Å². The van der Waals surface area contributed by atoms with E-state index in [9.17, 15) is 9.59 Å². The second-order valence-corrected chi connectivity index (χ2v) is 6.30. The van der Waals surface area contributed by atoms with Crippen molar-refractivity contribution in [2.24, 2.45) is 5.92 Å². The third kappa shape index (κ3) is 5.15. The molecule has 138 valence electrons. The molecule has 0 unspecified atom stereocenters. The normalized spacial score (nSPS) is 10.6. The summed E-state index contributed by atoms with van der Waals surface area (Å²) in [4.78, 5) is 30.9. The summed E-state index contributed by atoms with van der Waals surface area (Å²) in [6.45, 7) is 7.73. The Morgan fingerprint density at radius 2 is 1.81 bits per heavy atom. The molecule has 1 aromatic carbocycles. The molecular weight excluding hydrogens is 326 g/mol. The van der Waals surface area contributed by atoms with Crippen LogP contribution in [0, 0.1) is 5.92 Å². The first-order valence-electron chi connectivity index (χ1n) is 9.19. The summed E-state index contributed by atoms with van der Waals surface area (Å²) in [5.74, 6) is 0.260. The Balaban J connectivity index is 2.12. The van der Waals surface area contributed by atoms with Crippen molar-refractivity contribution < 1.29 is 9.59 Å². The Labute approximate surface area is 155 Å². The average molecular weight is 353 g/mol. The summed E-state index contributed by atoms with van der Waals surface area (Å²) in [7, 11) is 0. The summed E-state index contributed by atoms with van der Waals surface area (Å²) < 4.78 is 0. The molecule has 0 saturated heterocycles. The van der Waals surface area contributed by atoms with E-state index in [2.05, 4.69) is 24.1 Å². The van der Waals surface area contributed by atoms with E-state index in [0.717, 1.165) is 19.4 Å². The molecule has 0 fully saturated rings. The maximum Gasteiger partial charge on any atom is 0.257 e. The Hall–Kier alpha value is -2.69. The lowest BCUT2D eigenvalue weighted by Gasteiger charge is -2.25. The van der Waals surface area contributed by atoms with Crippen molar-refractivity contribution in [3.63, 3.8) is 0 Å². The Kier molecular flexibility index (Phi) is 7.33. The molecule has 0 atom stereocenters. The van der Waals surface area contributed by atoms with Gasteiger partial charge < -0.3 is 10.2 Å². The topological polar surface area (TPSA) is 62.3 Å². The lowest BCUT2D eigenvalue weighted by Crippen LogP contribution is -2.35. The third-order valence-corrected chi connectivity index (χ3v) is 4.59. The van der Waals surface area contributed by atoms with Crippen LogP contribution < -0.4 is 5.32 Å². The van der Waals surface area contributed by atoms with Crippen LogP contribution in [0.4, 0.5) is 5.69 Å². The SMILES string of the molecule is CCC(CC)CN(CC)C(=O)c1cccc(NC(=O)c2cccnc2)c1. The largest absolute Gasteiger partial charge is 0.339 e. The van der Waals surface area contributed by atoms with Crippen LogP contribution in [0.1, 0.15) is 54.3 Å². The number of nitrogens with one attached hydrogen (secondary N) is 1. The third-order valence-electron chi connectivity index (χ3n) is 4.59. The Bertz CT molecular complexity index is 727. The van der Waals surface area contributed by atoms with Gasteiger partial charge in [0.25, 0.3) is 11.8 Å². The van der Waals surface area contributed by atoms with E-state index >= 15 is 0 Å². The molecule has 26 heavy (non-hydrogen) atoms. The number of benzene rings is 1. The van der Waals surface area contributed by atoms with Crippen LogP contribution in [0.2, 0.25) is 0 Å². The molecule has 2 amide bonds. The zero-order chi connectivity index (χ0) is 18.9. The molecule has 1 N–H and O–H groups in total. The van der Waals surface area contributed by atoms with Crippen molar-refractivity contribution in [2.75, 3.05) is 18.4 Å². The second-order valence-electron chi connectivity index (χ2n) is 6.30. The fourth-order valence-corrected chi connectivity index (χ4v) is 2.83. The minimum Gasteiger partial charge on any atom is -0.339 e. The lowest BCUT2D eigenvalue weighted by molar-refractivity contribution is 0.0734. The molecule has 0 spiro atoms. The van der Waals surface area contributed by atoms with E-state index in [0.29, 0.717) is 29.3 Å². The van der Waals surface area contributed by atoms with Crippen molar-refractivity contribution in [1.82, 2.24) is 9.88 Å². The van der Waals surface area contributed by atoms with Gasteiger partial charge in [0.1, 0.15) is 0 Å². The van der Waals surface area contributed by atoms with Crippen LogP contribution in [0.5, 0.6) is 0 Å². The first kappa shape index (κ1) is 19.6. The predicted octanol–water partition coefficient (Wildman–Crippen LogP) is 4.23. The molecule has 1 heterocycles. The van der Waals surface area contributed by atoms with Gasteiger partial charge >= 0.3 is 0 Å². The number of hydrogen-bond acceptors (Lipinski definition) is 3. The standard InChI is InChI=1S/C21H27N3O2/c1-4-16(5-2)15-24(6-3)21(26)17-9-7-11-19(13-17)23-20(25)18-10-8-12-22-14-18/h7-14,16H,4-6,15H2,1-3H3,(H,23,25). The quantitative estimate of drug-likeness (QED) is 0.772. The molecular formula is C21H27N3O2. The van der Waals surface area contributed by atoms with Gasteiger partial charge in [-0.3, -0.25) is 14.6 Å². The van der Waals surface area contributed by atoms with Crippen LogP contribution in [-0.4, -0.2) is 34.8 Å². The first-order chi connectivity index (χ1) is 12.6. The van der Waals surface area contributed by atoms with Gasteiger partial charge in [-0.2, -0.15) is 0 Å². The monoisotopic (exact) mass is 353 g/mol. The summed E-state index contributed by atoms with van der Waals surface area (Å²) in [6.07, 6.45) is 5.25. The van der Waals surface area contributed by atoms with Crippen molar-refractivity contribution in [3.05, 3.63) is 59.9 Å². The molecule has 2 rings (SSSR count). The summed E-state index contributed by atoms with van der Waals surface area (Å²) in [6, 6.07) is 10.5. The van der Waals surface area contributed by atoms with Crippen LogP contribution in [0.15, 0.2) is 48.8 Å². The minimum atomic E-state index is -0.243. The van der Waals surface area contributed by atoms with E-state index in [1.807, 2.05) is 11.8 Å². The lowest BCUT2D eigenvalue weighted by atomic mass is 10.0. The molecule has 0 aliphatic heterocycles.